The number of hydrogen-bond acceptors (Lipinski definition) is 25. The molecular weight excluding hydrogens is 2320 g/mol. The van der Waals surface area contributed by atoms with Crippen LogP contribution in [0.3, 0.4) is 0 Å². The number of ether oxygens (including phenoxy) is 6. The minimum absolute atomic E-state index is 0.0407. The summed E-state index contributed by atoms with van der Waals surface area (Å²) in [5, 5.41) is 26.0. The van der Waals surface area contributed by atoms with Gasteiger partial charge >= 0.3 is 164 Å². The molecule has 0 atom stereocenters. The number of unbranched alkanes of at least 4 members (excludes halogenated alkanes) is 3. The van der Waals surface area contributed by atoms with Crippen molar-refractivity contribution in [3.63, 3.8) is 0 Å². The number of nitrogens with zero attached hydrogens (tertiary/aromatic N) is 10. The molecule has 132 heavy (non-hydrogen) atoms. The number of benzene rings is 3. The number of rotatable bonds is 21. The van der Waals surface area contributed by atoms with Crippen LogP contribution in [-0.2, 0) is 54.3 Å². The van der Waals surface area contributed by atoms with Crippen LogP contribution in [0.15, 0.2) is 123 Å². The van der Waals surface area contributed by atoms with Crippen molar-refractivity contribution in [2.24, 2.45) is 0 Å². The number of fused-ring (bicyclic) bond motifs is 3. The molecule has 3 aliphatic rings. The summed E-state index contributed by atoms with van der Waals surface area (Å²) in [6.07, 6.45) is 9.00. The number of alkyl halides is 1. The number of anilines is 1. The summed E-state index contributed by atoms with van der Waals surface area (Å²) in [7, 11) is 8.51. The number of nitrogens with one attached hydrogen (secondary N) is 2. The van der Waals surface area contributed by atoms with E-state index in [1.165, 1.54) is 103 Å². The van der Waals surface area contributed by atoms with Gasteiger partial charge in [-0.1, -0.05) is 115 Å². The number of carbonyl (C=O) groups excluding carboxylic acids is 8. The number of aromatic nitrogens is 7. The Kier molecular flexibility index (Phi) is 49.3. The standard InChI is InChI=1S/C16H14Cl2N2O3.C14H7BrFN3O.C8H6BrCl2NO2.C8H5Cl2NO3.C8H7Cl2NO2.C7H4Br2N2O.C7H3FN.C6H8N2O.3C4H9.C2H3BrO2.Sn/c1-22-10-4-3-9(13(5-10)23-2)7-20-8-12-15(16(20)21)11(17)6-14(18)19-12;15-8-4-10(19-11-6-18-14(20)13(8)11)12-7(5-17)2-1-3-9(12)16;1-14-8(13)7-4(10)2-6(11)12-5(7)3-9;1-14-8(13)7-4(9)2-6(10)11-5(7)3-12;1-4-7(8(12)13-2)5(9)3-6(10)11-4;8-3-1-5(9)11-4-2-10-7(12)6(3)4;8-7-3-1-2-6(4-7)5-9;1-9-5-2-3-6(7)8-4-5;3*1-3-4-2;1-2(4)5-3;/h3-6H,7-8H2,1-2H3;1-4H,6H2,(H,18,20);2H,3H2,1H3;2-3H,1H3;3H,1-2H3;1H,2H2,(H,10,12);1-3H;2-4H,1H3,(H2,7,8);3*1,3-4H2,2H3;1H3;. The van der Waals surface area contributed by atoms with Crippen LogP contribution in [0.5, 0.6) is 17.2 Å². The maximum atomic E-state index is 14.7. The maximum Gasteiger partial charge on any atom is 0.341 e. The van der Waals surface area contributed by atoms with E-state index in [1.807, 2.05) is 24.3 Å². The van der Waals surface area contributed by atoms with Gasteiger partial charge in [-0.05, 0) is 128 Å². The number of halogens is 15. The van der Waals surface area contributed by atoms with Crippen LogP contribution in [0.1, 0.15) is 184 Å². The van der Waals surface area contributed by atoms with Crippen LogP contribution >= 0.6 is 173 Å². The molecule has 0 radical (unpaired) electrons. The molecule has 0 fully saturated rings. The van der Waals surface area contributed by atoms with E-state index in [1.54, 1.807) is 81.8 Å². The van der Waals surface area contributed by atoms with Crippen LogP contribution in [-0.4, -0.2) is 149 Å². The van der Waals surface area contributed by atoms with E-state index in [0.29, 0.717) is 115 Å². The third kappa shape index (κ3) is 32.8. The number of aldehydes is 1. The van der Waals surface area contributed by atoms with Gasteiger partial charge in [0.25, 0.3) is 17.7 Å². The van der Waals surface area contributed by atoms with Gasteiger partial charge < -0.3 is 53.5 Å². The number of nitrogen functional groups attached to an aromatic ring is 1. The summed E-state index contributed by atoms with van der Waals surface area (Å²) >= 11 is 58.9. The average molecular weight is 2400 g/mol. The zero-order chi connectivity index (χ0) is 98.4. The zero-order valence-corrected chi connectivity index (χ0v) is 89.0. The summed E-state index contributed by atoms with van der Waals surface area (Å²) in [6.45, 7) is 11.2. The Morgan fingerprint density at radius 2 is 1.06 bits per heavy atom. The van der Waals surface area contributed by atoms with Crippen LogP contribution in [0, 0.1) is 41.2 Å². The molecule has 0 spiro atoms. The molecule has 3 aromatic carbocycles. The molecular formula is C88H84Br5Cl8F2N13O15Sn. The molecule has 3 amide bonds. The molecule has 0 unspecified atom stereocenters. The molecule has 7 aromatic heterocycles. The first-order chi connectivity index (χ1) is 62.8. The zero-order valence-electron chi connectivity index (χ0n) is 72.2. The number of carbonyl (C=O) groups is 8. The van der Waals surface area contributed by atoms with E-state index in [9.17, 15) is 52.4 Å². The fraction of sp³-hybridized carbons (Fsp3) is 0.284. The minimum Gasteiger partial charge on any atom is -0.497 e. The minimum atomic E-state index is -2.85. The SMILES string of the molecule is CC(=O)OBr.CCC[CH2][Sn]([CH2]CCC)([CH2]CCC)[c]1c(F)cccc1C#N.COC(=O)c1c(Cl)cc(Cl)nc1C.COC(=O)c1c(Cl)cc(Cl)nc1C=O.COC(=O)c1c(Cl)cc(Cl)nc1CBr.COc1ccc(CN2Cc3nc(Cl)cc(Cl)c3C2=O)c(OC)c1.COc1ccc(N)nc1.N#Cc1cccc(F)c1-c1cc(Br)c2c(n1)CNC2=O.O=C1NCc2nc(Br)cc(Br)c21. The number of amides is 3. The molecule has 28 nitrogen and oxygen atoms in total. The van der Waals surface area contributed by atoms with Crippen molar-refractivity contribution < 1.29 is 79.4 Å². The molecule has 0 aliphatic carbocycles. The molecule has 3 aliphatic heterocycles. The van der Waals surface area contributed by atoms with Crippen molar-refractivity contribution in [2.75, 3.05) is 48.4 Å². The third-order valence-electron chi connectivity index (χ3n) is 18.8. The molecule has 0 saturated carbocycles. The fourth-order valence-electron chi connectivity index (χ4n) is 12.7. The van der Waals surface area contributed by atoms with Gasteiger partial charge in [0.05, 0.1) is 169 Å². The second kappa shape index (κ2) is 57.2. The Bertz CT molecular complexity index is 5860. The monoisotopic (exact) mass is 2390 g/mol. The van der Waals surface area contributed by atoms with Gasteiger partial charge in [0.2, 0.25) is 0 Å². The van der Waals surface area contributed by atoms with Crippen LogP contribution < -0.4 is 34.2 Å². The number of methoxy groups -OCH3 is 6. The Balaban J connectivity index is 0.000000269. The van der Waals surface area contributed by atoms with Crippen LogP contribution in [0.4, 0.5) is 14.6 Å². The third-order valence-corrected chi connectivity index (χ3v) is 39.1. The molecule has 0 bridgehead atoms. The molecule has 44 heteroatoms. The fourth-order valence-corrected chi connectivity index (χ4v) is 34.2. The van der Waals surface area contributed by atoms with Gasteiger partial charge in [0.1, 0.15) is 70.9 Å². The molecule has 13 rings (SSSR count). The predicted molar refractivity (Wildman–Crippen MR) is 522 cm³/mol. The van der Waals surface area contributed by atoms with E-state index in [-0.39, 0.29) is 98.7 Å². The van der Waals surface area contributed by atoms with E-state index in [2.05, 4.69) is 170 Å². The van der Waals surface area contributed by atoms with Crippen molar-refractivity contribution in [1.29, 1.82) is 10.5 Å². The number of esters is 3. The smallest absolute Gasteiger partial charge is 0.341 e. The van der Waals surface area contributed by atoms with Crippen LogP contribution in [0.2, 0.25) is 54.0 Å². The summed E-state index contributed by atoms with van der Waals surface area (Å²) < 4.78 is 68.1. The van der Waals surface area contributed by atoms with Crippen molar-refractivity contribution in [3.8, 4) is 40.6 Å². The molecule has 4 N–H and O–H groups in total. The summed E-state index contributed by atoms with van der Waals surface area (Å²) in [4.78, 5) is 119. The Hall–Kier alpha value is -8.77. The van der Waals surface area contributed by atoms with E-state index in [4.69, 9.17) is 118 Å². The number of hydrogen-bond donors (Lipinski definition) is 3. The van der Waals surface area contributed by atoms with Gasteiger partial charge in [-0.3, -0.25) is 24.0 Å². The molecule has 10 heterocycles. The summed E-state index contributed by atoms with van der Waals surface area (Å²) in [6, 6.07) is 31.4. The van der Waals surface area contributed by atoms with E-state index in [0.717, 1.165) is 48.9 Å². The molecule has 0 saturated heterocycles. The van der Waals surface area contributed by atoms with Crippen LogP contribution in [0.25, 0.3) is 11.3 Å². The summed E-state index contributed by atoms with van der Waals surface area (Å²) in [5.41, 5.74) is 12.2. The number of nitrogens with two attached hydrogens (primary N) is 1. The van der Waals surface area contributed by atoms with Gasteiger partial charge in [-0.15, -0.1) is 0 Å². The number of pyridine rings is 7. The van der Waals surface area contributed by atoms with E-state index >= 15 is 0 Å². The Morgan fingerprint density at radius 3 is 1.56 bits per heavy atom. The summed E-state index contributed by atoms with van der Waals surface area (Å²) in [5.74, 6) is -0.530. The normalized spacial score (nSPS) is 11.4. The maximum absolute atomic E-state index is 14.7. The quantitative estimate of drug-likeness (QED) is 0.0150. The molecule has 700 valence electrons. The topological polar surface area (TPSA) is 392 Å². The first-order valence-corrected chi connectivity index (χ1v) is 53.7. The van der Waals surface area contributed by atoms with Crippen molar-refractivity contribution in [2.45, 2.75) is 118 Å². The van der Waals surface area contributed by atoms with E-state index < -0.39 is 42.1 Å². The first-order valence-electron chi connectivity index (χ1n) is 39.0. The van der Waals surface area contributed by atoms with Gasteiger partial charge in [-0.25, -0.2) is 53.7 Å². The second-order valence-corrected chi connectivity index (χ2v) is 47.0. The van der Waals surface area contributed by atoms with Crippen molar-refractivity contribution >= 4 is 248 Å². The molecule has 10 aromatic rings. The number of nitriles is 2. The first kappa shape index (κ1) is 114. The van der Waals surface area contributed by atoms with Crippen molar-refractivity contribution in [1.82, 2.24) is 50.4 Å². The van der Waals surface area contributed by atoms with Gasteiger partial charge in [0, 0.05) is 32.8 Å². The second-order valence-electron chi connectivity index (χ2n) is 27.4. The average Bonchev–Trinajstić information content (AvgIpc) is 1.70. The predicted octanol–water partition coefficient (Wildman–Crippen LogP) is 23.0. The van der Waals surface area contributed by atoms with Gasteiger partial charge in [-0.2, -0.15) is 5.26 Å². The largest absolute Gasteiger partial charge is 0.497 e. The number of aryl methyl sites for hydroxylation is 1. The Labute approximate surface area is 846 Å². The van der Waals surface area contributed by atoms with Gasteiger partial charge in [0.15, 0.2) is 22.5 Å². The Morgan fingerprint density at radius 1 is 0.576 bits per heavy atom. The van der Waals surface area contributed by atoms with Crippen molar-refractivity contribution in [3.05, 3.63) is 259 Å².